The molecule has 2 aliphatic rings. The van der Waals surface area contributed by atoms with E-state index in [2.05, 4.69) is 6.92 Å². The summed E-state index contributed by atoms with van der Waals surface area (Å²) < 4.78 is 12.9. The lowest BCUT2D eigenvalue weighted by molar-refractivity contribution is -0.124. The molecule has 2 heterocycles. The van der Waals surface area contributed by atoms with Gasteiger partial charge < -0.3 is 18.9 Å². The lowest BCUT2D eigenvalue weighted by Gasteiger charge is -2.34. The van der Waals surface area contributed by atoms with Gasteiger partial charge in [-0.05, 0) is 57.1 Å². The Morgan fingerprint density at radius 1 is 1.10 bits per heavy atom. The minimum absolute atomic E-state index is 0.00748. The van der Waals surface area contributed by atoms with Gasteiger partial charge in [0.05, 0.1) is 24.9 Å². The highest BCUT2D eigenvalue weighted by Gasteiger charge is 2.37. The topological polar surface area (TPSA) is 60.8 Å². The SMILES string of the molecule is CCOC(=O)c1cn(-c2ccccc2)cc1N(C(=O)C1CCC(C)CC1)C1CCOC1. The van der Waals surface area contributed by atoms with Gasteiger partial charge in [0.25, 0.3) is 0 Å². The quantitative estimate of drug-likeness (QED) is 0.636. The number of hydrogen-bond acceptors (Lipinski definition) is 4. The van der Waals surface area contributed by atoms with Crippen LogP contribution in [0.1, 0.15) is 56.3 Å². The van der Waals surface area contributed by atoms with Crippen LogP contribution in [-0.4, -0.2) is 42.3 Å². The largest absolute Gasteiger partial charge is 0.462 e. The monoisotopic (exact) mass is 424 g/mol. The van der Waals surface area contributed by atoms with Crippen molar-refractivity contribution in [3.05, 3.63) is 48.3 Å². The molecule has 1 aliphatic heterocycles. The molecule has 2 aromatic rings. The van der Waals surface area contributed by atoms with E-state index >= 15 is 0 Å². The average molecular weight is 425 g/mol. The molecule has 1 aromatic carbocycles. The van der Waals surface area contributed by atoms with Crippen LogP contribution in [0.2, 0.25) is 0 Å². The summed E-state index contributed by atoms with van der Waals surface area (Å²) in [6.07, 6.45) is 8.39. The maximum absolute atomic E-state index is 13.8. The Morgan fingerprint density at radius 3 is 2.48 bits per heavy atom. The van der Waals surface area contributed by atoms with Crippen LogP contribution in [0.25, 0.3) is 5.69 Å². The van der Waals surface area contributed by atoms with E-state index in [1.807, 2.05) is 46.0 Å². The third-order valence-electron chi connectivity index (χ3n) is 6.49. The van der Waals surface area contributed by atoms with Crippen molar-refractivity contribution in [1.29, 1.82) is 0 Å². The highest BCUT2D eigenvalue weighted by atomic mass is 16.5. The number of anilines is 1. The molecule has 1 atom stereocenters. The van der Waals surface area contributed by atoms with Crippen LogP contribution in [0.4, 0.5) is 5.69 Å². The predicted octanol–water partition coefficient (Wildman–Crippen LogP) is 4.60. The van der Waals surface area contributed by atoms with Crippen molar-refractivity contribution in [3.8, 4) is 5.69 Å². The molecule has 0 N–H and O–H groups in total. The van der Waals surface area contributed by atoms with Gasteiger partial charge in [0.15, 0.2) is 0 Å². The van der Waals surface area contributed by atoms with Gasteiger partial charge in [0.1, 0.15) is 5.56 Å². The summed E-state index contributed by atoms with van der Waals surface area (Å²) in [6, 6.07) is 9.76. The van der Waals surface area contributed by atoms with E-state index in [1.54, 1.807) is 13.1 Å². The van der Waals surface area contributed by atoms with E-state index in [0.29, 0.717) is 30.4 Å². The number of para-hydroxylation sites is 1. The molecule has 0 radical (unpaired) electrons. The molecule has 2 fully saturated rings. The first-order chi connectivity index (χ1) is 15.1. The molecule has 1 aliphatic carbocycles. The van der Waals surface area contributed by atoms with E-state index in [0.717, 1.165) is 37.8 Å². The molecule has 1 saturated heterocycles. The molecule has 166 valence electrons. The maximum atomic E-state index is 13.8. The second kappa shape index (κ2) is 9.69. The first kappa shape index (κ1) is 21.6. The van der Waals surface area contributed by atoms with Gasteiger partial charge in [-0.15, -0.1) is 0 Å². The molecule has 4 rings (SSSR count). The summed E-state index contributed by atoms with van der Waals surface area (Å²) >= 11 is 0. The van der Waals surface area contributed by atoms with Crippen molar-refractivity contribution in [3.63, 3.8) is 0 Å². The number of benzene rings is 1. The van der Waals surface area contributed by atoms with Gasteiger partial charge in [-0.3, -0.25) is 4.79 Å². The van der Waals surface area contributed by atoms with Crippen LogP contribution in [-0.2, 0) is 14.3 Å². The first-order valence-corrected chi connectivity index (χ1v) is 11.4. The molecule has 1 unspecified atom stereocenters. The Labute approximate surface area is 184 Å². The number of carbonyl (C=O) groups excluding carboxylic acids is 2. The minimum atomic E-state index is -0.402. The summed E-state index contributed by atoms with van der Waals surface area (Å²) in [7, 11) is 0. The van der Waals surface area contributed by atoms with E-state index < -0.39 is 5.97 Å². The van der Waals surface area contributed by atoms with Crippen molar-refractivity contribution < 1.29 is 19.1 Å². The minimum Gasteiger partial charge on any atom is -0.462 e. The van der Waals surface area contributed by atoms with Gasteiger partial charge in [0.2, 0.25) is 5.91 Å². The van der Waals surface area contributed by atoms with Crippen LogP contribution >= 0.6 is 0 Å². The van der Waals surface area contributed by atoms with Crippen molar-refractivity contribution in [2.24, 2.45) is 11.8 Å². The van der Waals surface area contributed by atoms with Crippen LogP contribution in [0.15, 0.2) is 42.7 Å². The van der Waals surface area contributed by atoms with Gasteiger partial charge in [0, 0.05) is 30.6 Å². The second-order valence-corrected chi connectivity index (χ2v) is 8.70. The average Bonchev–Trinajstić information content (AvgIpc) is 3.46. The zero-order valence-electron chi connectivity index (χ0n) is 18.5. The van der Waals surface area contributed by atoms with Gasteiger partial charge >= 0.3 is 5.97 Å². The number of aromatic nitrogens is 1. The lowest BCUT2D eigenvalue weighted by atomic mass is 9.82. The number of ether oxygens (including phenoxy) is 2. The molecule has 31 heavy (non-hydrogen) atoms. The molecule has 0 bridgehead atoms. The normalized spacial score (nSPS) is 23.5. The summed E-state index contributed by atoms with van der Waals surface area (Å²) in [6.45, 7) is 5.46. The standard InChI is InChI=1S/C25H32N2O4/c1-3-31-25(29)22-15-26(20-7-5-4-6-8-20)16-23(22)27(21-13-14-30-17-21)24(28)19-11-9-18(2)10-12-19/h4-8,15-16,18-19,21H,3,9-14,17H2,1-2H3. The number of hydrogen-bond donors (Lipinski definition) is 0. The van der Waals surface area contributed by atoms with Crippen molar-refractivity contribution in [2.75, 3.05) is 24.7 Å². The maximum Gasteiger partial charge on any atom is 0.341 e. The molecule has 1 saturated carbocycles. The molecule has 1 amide bonds. The number of amides is 1. The van der Waals surface area contributed by atoms with Crippen molar-refractivity contribution in [2.45, 2.75) is 52.0 Å². The first-order valence-electron chi connectivity index (χ1n) is 11.4. The lowest BCUT2D eigenvalue weighted by Crippen LogP contribution is -2.45. The zero-order valence-corrected chi connectivity index (χ0v) is 18.5. The third-order valence-corrected chi connectivity index (χ3v) is 6.49. The zero-order chi connectivity index (χ0) is 21.8. The predicted molar refractivity (Wildman–Crippen MR) is 120 cm³/mol. The van der Waals surface area contributed by atoms with Crippen LogP contribution in [0.3, 0.4) is 0 Å². The van der Waals surface area contributed by atoms with E-state index in [9.17, 15) is 9.59 Å². The molecular formula is C25H32N2O4. The number of nitrogens with zero attached hydrogens (tertiary/aromatic N) is 2. The van der Waals surface area contributed by atoms with E-state index in [1.165, 1.54) is 0 Å². The second-order valence-electron chi connectivity index (χ2n) is 8.70. The van der Waals surface area contributed by atoms with Crippen LogP contribution < -0.4 is 4.90 Å². The third kappa shape index (κ3) is 4.69. The van der Waals surface area contributed by atoms with Crippen LogP contribution in [0.5, 0.6) is 0 Å². The summed E-state index contributed by atoms with van der Waals surface area (Å²) in [4.78, 5) is 28.5. The summed E-state index contributed by atoms with van der Waals surface area (Å²) in [5, 5.41) is 0. The number of carbonyl (C=O) groups is 2. The van der Waals surface area contributed by atoms with Gasteiger partial charge in [-0.2, -0.15) is 0 Å². The Kier molecular flexibility index (Phi) is 6.76. The molecule has 6 heteroatoms. The fraction of sp³-hybridized carbons (Fsp3) is 0.520. The van der Waals surface area contributed by atoms with Gasteiger partial charge in [-0.1, -0.05) is 25.1 Å². The van der Waals surface area contributed by atoms with Crippen molar-refractivity contribution in [1.82, 2.24) is 4.57 Å². The van der Waals surface area contributed by atoms with Crippen molar-refractivity contribution >= 4 is 17.6 Å². The van der Waals surface area contributed by atoms with E-state index in [4.69, 9.17) is 9.47 Å². The highest BCUT2D eigenvalue weighted by Crippen LogP contribution is 2.35. The molecule has 6 nitrogen and oxygen atoms in total. The smallest absolute Gasteiger partial charge is 0.341 e. The fourth-order valence-corrected chi connectivity index (χ4v) is 4.68. The summed E-state index contributed by atoms with van der Waals surface area (Å²) in [5.41, 5.74) is 1.98. The Balaban J connectivity index is 1.74. The van der Waals surface area contributed by atoms with Crippen LogP contribution in [0, 0.1) is 11.8 Å². The van der Waals surface area contributed by atoms with E-state index in [-0.39, 0.29) is 24.5 Å². The number of esters is 1. The number of rotatable bonds is 6. The molecule has 1 aromatic heterocycles. The fourth-order valence-electron chi connectivity index (χ4n) is 4.68. The summed E-state index contributed by atoms with van der Waals surface area (Å²) in [5.74, 6) is 0.369. The Bertz CT molecular complexity index is 894. The Morgan fingerprint density at radius 2 is 1.84 bits per heavy atom. The molecule has 0 spiro atoms. The highest BCUT2D eigenvalue weighted by molar-refractivity contribution is 6.04. The van der Waals surface area contributed by atoms with Gasteiger partial charge in [-0.25, -0.2) is 4.79 Å². The molecular weight excluding hydrogens is 392 g/mol. The Hall–Kier alpha value is -2.60.